The number of benzene rings is 1. The van der Waals surface area contributed by atoms with Crippen LogP contribution in [0.25, 0.3) is 0 Å². The Morgan fingerprint density at radius 3 is 3.05 bits per heavy atom. The zero-order valence-corrected chi connectivity index (χ0v) is 12.7. The number of piperidine rings is 1. The number of likely N-dealkylation sites (tertiary alicyclic amines) is 1. The lowest BCUT2D eigenvalue weighted by molar-refractivity contribution is 0.168. The molecule has 5 heteroatoms. The van der Waals surface area contributed by atoms with Crippen molar-refractivity contribution in [3.8, 4) is 11.5 Å². The van der Waals surface area contributed by atoms with Crippen LogP contribution in [0.4, 0.5) is 0 Å². The van der Waals surface area contributed by atoms with Gasteiger partial charge in [-0.1, -0.05) is 11.6 Å². The van der Waals surface area contributed by atoms with Crippen molar-refractivity contribution in [2.24, 2.45) is 0 Å². The first-order valence-electron chi connectivity index (χ1n) is 7.15. The van der Waals surface area contributed by atoms with E-state index in [1.165, 1.54) is 12.8 Å². The van der Waals surface area contributed by atoms with Crippen molar-refractivity contribution in [3.63, 3.8) is 0 Å². The molecule has 0 aromatic heterocycles. The van der Waals surface area contributed by atoms with E-state index in [1.807, 2.05) is 12.1 Å². The quantitative estimate of drug-likeness (QED) is 0.930. The van der Waals surface area contributed by atoms with Crippen molar-refractivity contribution in [3.05, 3.63) is 22.7 Å². The SMILES string of the molecule is CC1CC(NCc2cc(Cl)c3c(c2)OCO3)CCN1C. The average Bonchev–Trinajstić information content (AvgIpc) is 2.89. The van der Waals surface area contributed by atoms with Crippen molar-refractivity contribution in [1.29, 1.82) is 0 Å². The van der Waals surface area contributed by atoms with E-state index in [1.54, 1.807) is 0 Å². The zero-order chi connectivity index (χ0) is 14.1. The lowest BCUT2D eigenvalue weighted by Crippen LogP contribution is -2.45. The maximum absolute atomic E-state index is 6.20. The fourth-order valence-electron chi connectivity index (χ4n) is 2.86. The van der Waals surface area contributed by atoms with Gasteiger partial charge in [0.25, 0.3) is 0 Å². The van der Waals surface area contributed by atoms with E-state index >= 15 is 0 Å². The molecule has 2 unspecified atom stereocenters. The molecule has 0 bridgehead atoms. The number of nitrogens with one attached hydrogen (secondary N) is 1. The Kier molecular flexibility index (Phi) is 4.06. The molecule has 110 valence electrons. The third-order valence-corrected chi connectivity index (χ3v) is 4.57. The smallest absolute Gasteiger partial charge is 0.231 e. The van der Waals surface area contributed by atoms with Gasteiger partial charge < -0.3 is 19.7 Å². The molecule has 0 aliphatic carbocycles. The second-order valence-corrected chi connectivity index (χ2v) is 6.15. The Balaban J connectivity index is 1.60. The van der Waals surface area contributed by atoms with Crippen LogP contribution in [0.1, 0.15) is 25.3 Å². The van der Waals surface area contributed by atoms with Gasteiger partial charge in [-0.3, -0.25) is 0 Å². The van der Waals surface area contributed by atoms with Crippen LogP contribution in [0.2, 0.25) is 5.02 Å². The molecule has 20 heavy (non-hydrogen) atoms. The third-order valence-electron chi connectivity index (χ3n) is 4.29. The van der Waals surface area contributed by atoms with E-state index < -0.39 is 0 Å². The van der Waals surface area contributed by atoms with E-state index in [9.17, 15) is 0 Å². The Morgan fingerprint density at radius 1 is 1.40 bits per heavy atom. The third kappa shape index (κ3) is 2.87. The van der Waals surface area contributed by atoms with Crippen molar-refractivity contribution in [1.82, 2.24) is 10.2 Å². The lowest BCUT2D eigenvalue weighted by Gasteiger charge is -2.35. The Labute approximate surface area is 125 Å². The molecule has 2 aliphatic heterocycles. The highest BCUT2D eigenvalue weighted by Crippen LogP contribution is 2.39. The number of halogens is 1. The summed E-state index contributed by atoms with van der Waals surface area (Å²) >= 11 is 6.20. The van der Waals surface area contributed by atoms with Crippen LogP contribution >= 0.6 is 11.6 Å². The molecular formula is C15H21ClN2O2. The highest BCUT2D eigenvalue weighted by Gasteiger charge is 2.23. The number of rotatable bonds is 3. The van der Waals surface area contributed by atoms with E-state index in [2.05, 4.69) is 24.2 Å². The van der Waals surface area contributed by atoms with Crippen molar-refractivity contribution < 1.29 is 9.47 Å². The summed E-state index contributed by atoms with van der Waals surface area (Å²) in [4.78, 5) is 2.41. The van der Waals surface area contributed by atoms with Gasteiger partial charge in [0.05, 0.1) is 5.02 Å². The lowest BCUT2D eigenvalue weighted by atomic mass is 9.98. The molecular weight excluding hydrogens is 276 g/mol. The van der Waals surface area contributed by atoms with Crippen LogP contribution in [0.15, 0.2) is 12.1 Å². The maximum Gasteiger partial charge on any atom is 0.231 e. The standard InChI is InChI=1S/C15H21ClN2O2/c1-10-5-12(3-4-18(10)2)17-8-11-6-13(16)15-14(7-11)19-9-20-15/h6-7,10,12,17H,3-5,8-9H2,1-2H3. The van der Waals surface area contributed by atoms with Gasteiger partial charge in [-0.05, 0) is 51.1 Å². The van der Waals surface area contributed by atoms with Crippen molar-refractivity contribution >= 4 is 11.6 Å². The summed E-state index contributed by atoms with van der Waals surface area (Å²) in [6, 6.07) is 5.19. The summed E-state index contributed by atoms with van der Waals surface area (Å²) < 4.78 is 10.7. The molecule has 2 heterocycles. The molecule has 0 saturated carbocycles. The molecule has 1 N–H and O–H groups in total. The second-order valence-electron chi connectivity index (χ2n) is 5.74. The number of fused-ring (bicyclic) bond motifs is 1. The number of nitrogens with zero attached hydrogens (tertiary/aromatic N) is 1. The van der Waals surface area contributed by atoms with Crippen LogP contribution in [-0.4, -0.2) is 37.4 Å². The minimum absolute atomic E-state index is 0.262. The Hall–Kier alpha value is -0.970. The summed E-state index contributed by atoms with van der Waals surface area (Å²) in [7, 11) is 2.19. The zero-order valence-electron chi connectivity index (χ0n) is 12.0. The minimum atomic E-state index is 0.262. The molecule has 2 aliphatic rings. The van der Waals surface area contributed by atoms with Crippen molar-refractivity contribution in [2.45, 2.75) is 38.4 Å². The Morgan fingerprint density at radius 2 is 2.25 bits per heavy atom. The average molecular weight is 297 g/mol. The molecule has 1 fully saturated rings. The fraction of sp³-hybridized carbons (Fsp3) is 0.600. The topological polar surface area (TPSA) is 33.7 Å². The largest absolute Gasteiger partial charge is 0.454 e. The summed E-state index contributed by atoms with van der Waals surface area (Å²) in [6.45, 7) is 4.52. The van der Waals surface area contributed by atoms with Gasteiger partial charge >= 0.3 is 0 Å². The minimum Gasteiger partial charge on any atom is -0.454 e. The number of hydrogen-bond acceptors (Lipinski definition) is 4. The molecule has 0 amide bonds. The normalized spacial score (nSPS) is 25.9. The maximum atomic E-state index is 6.20. The molecule has 1 aromatic carbocycles. The monoisotopic (exact) mass is 296 g/mol. The summed E-state index contributed by atoms with van der Waals surface area (Å²) in [5, 5.41) is 4.26. The van der Waals surface area contributed by atoms with Crippen LogP contribution in [0, 0.1) is 0 Å². The van der Waals surface area contributed by atoms with Gasteiger partial charge in [0, 0.05) is 18.6 Å². The second kappa shape index (κ2) is 5.80. The molecule has 3 rings (SSSR count). The van der Waals surface area contributed by atoms with E-state index in [4.69, 9.17) is 21.1 Å². The predicted molar refractivity (Wildman–Crippen MR) is 79.5 cm³/mol. The number of hydrogen-bond donors (Lipinski definition) is 1. The first-order valence-corrected chi connectivity index (χ1v) is 7.53. The van der Waals surface area contributed by atoms with Gasteiger partial charge in [-0.25, -0.2) is 0 Å². The van der Waals surface area contributed by atoms with Crippen LogP contribution in [0.5, 0.6) is 11.5 Å². The van der Waals surface area contributed by atoms with Gasteiger partial charge in [0.1, 0.15) is 0 Å². The molecule has 1 saturated heterocycles. The molecule has 2 atom stereocenters. The van der Waals surface area contributed by atoms with Crippen LogP contribution < -0.4 is 14.8 Å². The first-order chi connectivity index (χ1) is 9.63. The summed E-state index contributed by atoms with van der Waals surface area (Å²) in [5.74, 6) is 1.43. The van der Waals surface area contributed by atoms with E-state index in [0.717, 1.165) is 24.4 Å². The molecule has 0 spiro atoms. The van der Waals surface area contributed by atoms with Crippen molar-refractivity contribution in [2.75, 3.05) is 20.4 Å². The first kappa shape index (κ1) is 14.0. The van der Waals surface area contributed by atoms with E-state index in [0.29, 0.717) is 22.9 Å². The Bertz CT molecular complexity index is 495. The highest BCUT2D eigenvalue weighted by atomic mass is 35.5. The molecule has 4 nitrogen and oxygen atoms in total. The number of ether oxygens (including phenoxy) is 2. The highest BCUT2D eigenvalue weighted by molar-refractivity contribution is 6.32. The summed E-state index contributed by atoms with van der Waals surface area (Å²) in [5.41, 5.74) is 1.14. The van der Waals surface area contributed by atoms with Gasteiger partial charge in [-0.2, -0.15) is 0 Å². The van der Waals surface area contributed by atoms with Gasteiger partial charge in [-0.15, -0.1) is 0 Å². The van der Waals surface area contributed by atoms with Crippen LogP contribution in [-0.2, 0) is 6.54 Å². The van der Waals surface area contributed by atoms with Gasteiger partial charge in [0.2, 0.25) is 6.79 Å². The fourth-order valence-corrected chi connectivity index (χ4v) is 3.15. The molecule has 0 radical (unpaired) electrons. The van der Waals surface area contributed by atoms with Crippen LogP contribution in [0.3, 0.4) is 0 Å². The summed E-state index contributed by atoms with van der Waals surface area (Å²) in [6.07, 6.45) is 2.38. The van der Waals surface area contributed by atoms with E-state index in [-0.39, 0.29) is 6.79 Å². The van der Waals surface area contributed by atoms with Gasteiger partial charge in [0.15, 0.2) is 11.5 Å². The predicted octanol–water partition coefficient (Wildman–Crippen LogP) is 2.64. The molecule has 1 aromatic rings.